The largest absolute Gasteiger partial charge is 0.378 e. The lowest BCUT2D eigenvalue weighted by molar-refractivity contribution is -0.119. The second kappa shape index (κ2) is 8.80. The summed E-state index contributed by atoms with van der Waals surface area (Å²) < 4.78 is 33.5. The predicted octanol–water partition coefficient (Wildman–Crippen LogP) is 2.80. The molecule has 0 fully saturated rings. The first-order valence-electron chi connectivity index (χ1n) is 11.1. The molecular weight excluding hydrogens is 496 g/mol. The molecule has 10 nitrogen and oxygen atoms in total. The van der Waals surface area contributed by atoms with Crippen molar-refractivity contribution in [2.45, 2.75) is 4.90 Å². The molecule has 3 aromatic rings. The minimum atomic E-state index is -4.79. The Bertz CT molecular complexity index is 1630. The van der Waals surface area contributed by atoms with Crippen LogP contribution in [0.4, 0.5) is 11.4 Å². The Morgan fingerprint density at radius 3 is 2.08 bits per heavy atom. The molecule has 0 bridgehead atoms. The highest BCUT2D eigenvalue weighted by atomic mass is 32.2. The van der Waals surface area contributed by atoms with Crippen LogP contribution in [0, 0.1) is 0 Å². The highest BCUT2D eigenvalue weighted by Crippen LogP contribution is 2.38. The van der Waals surface area contributed by atoms with E-state index in [2.05, 4.69) is 5.10 Å². The second-order valence-electron chi connectivity index (χ2n) is 8.48. The van der Waals surface area contributed by atoms with Crippen molar-refractivity contribution in [3.8, 4) is 0 Å². The molecule has 1 N–H and O–H groups in total. The standard InChI is InChI=1S/C26H20N4O6S/c1-28(2)17-14-12-16(13-15-17)21-22-23(27-30(26(22)33)18-8-4-3-5-9-18)29(25(21)32)24(31)19-10-6-7-11-20(19)37(34,35)36/h3-15H,1-2H3,(H,34,35,36). The number of fused-ring (bicyclic) bond motifs is 1. The first-order valence-corrected chi connectivity index (χ1v) is 12.5. The van der Waals surface area contributed by atoms with Crippen molar-refractivity contribution in [2.75, 3.05) is 24.0 Å². The van der Waals surface area contributed by atoms with E-state index in [-0.39, 0.29) is 17.0 Å². The fraction of sp³-hybridized carbons (Fsp3) is 0.0769. The Morgan fingerprint density at radius 2 is 1.46 bits per heavy atom. The van der Waals surface area contributed by atoms with Crippen LogP contribution in [-0.2, 0) is 19.7 Å². The van der Waals surface area contributed by atoms with Crippen molar-refractivity contribution in [1.82, 2.24) is 4.90 Å². The van der Waals surface area contributed by atoms with Crippen molar-refractivity contribution in [3.63, 3.8) is 0 Å². The van der Waals surface area contributed by atoms with Gasteiger partial charge in [-0.05, 0) is 42.0 Å². The summed E-state index contributed by atoms with van der Waals surface area (Å²) in [5.41, 5.74) is 1.11. The molecule has 5 rings (SSSR count). The topological polar surface area (TPSA) is 128 Å². The molecule has 2 aliphatic heterocycles. The number of hydrogen-bond acceptors (Lipinski definition) is 7. The van der Waals surface area contributed by atoms with Crippen LogP contribution in [0.3, 0.4) is 0 Å². The molecule has 0 atom stereocenters. The smallest absolute Gasteiger partial charge is 0.295 e. The lowest BCUT2D eigenvalue weighted by atomic mass is 10.0. The predicted molar refractivity (Wildman–Crippen MR) is 136 cm³/mol. The van der Waals surface area contributed by atoms with E-state index in [1.165, 1.54) is 18.2 Å². The van der Waals surface area contributed by atoms with Gasteiger partial charge < -0.3 is 4.90 Å². The van der Waals surface area contributed by atoms with Gasteiger partial charge in [0.15, 0.2) is 5.84 Å². The summed E-state index contributed by atoms with van der Waals surface area (Å²) >= 11 is 0. The molecule has 0 radical (unpaired) electrons. The first-order chi connectivity index (χ1) is 17.6. The van der Waals surface area contributed by atoms with Crippen LogP contribution >= 0.6 is 0 Å². The van der Waals surface area contributed by atoms with Gasteiger partial charge >= 0.3 is 0 Å². The molecule has 3 aromatic carbocycles. The lowest BCUT2D eigenvalue weighted by Gasteiger charge is -2.18. The van der Waals surface area contributed by atoms with E-state index in [0.717, 1.165) is 16.8 Å². The highest BCUT2D eigenvalue weighted by molar-refractivity contribution is 7.86. The van der Waals surface area contributed by atoms with Crippen LogP contribution in [0.25, 0.3) is 5.57 Å². The molecule has 186 valence electrons. The first kappa shape index (κ1) is 24.1. The summed E-state index contributed by atoms with van der Waals surface area (Å²) in [6, 6.07) is 20.3. The molecule has 37 heavy (non-hydrogen) atoms. The molecule has 0 spiro atoms. The molecule has 0 aromatic heterocycles. The zero-order valence-corrected chi connectivity index (χ0v) is 20.5. The summed E-state index contributed by atoms with van der Waals surface area (Å²) in [6.45, 7) is 0. The van der Waals surface area contributed by atoms with E-state index >= 15 is 0 Å². The summed E-state index contributed by atoms with van der Waals surface area (Å²) in [6.07, 6.45) is 0. The average molecular weight is 517 g/mol. The van der Waals surface area contributed by atoms with Gasteiger partial charge in [-0.25, -0.2) is 4.90 Å². The van der Waals surface area contributed by atoms with E-state index in [4.69, 9.17) is 0 Å². The number of hydrogen-bond donors (Lipinski definition) is 1. The maximum Gasteiger partial charge on any atom is 0.295 e. The number of imide groups is 1. The molecule has 2 heterocycles. The fourth-order valence-corrected chi connectivity index (χ4v) is 4.88. The fourth-order valence-electron chi connectivity index (χ4n) is 4.20. The van der Waals surface area contributed by atoms with Gasteiger partial charge in [0.1, 0.15) is 10.5 Å². The maximum atomic E-state index is 13.7. The number of carbonyl (C=O) groups excluding carboxylic acids is 3. The molecule has 0 saturated carbocycles. The number of benzene rings is 3. The minimum Gasteiger partial charge on any atom is -0.378 e. The van der Waals surface area contributed by atoms with Gasteiger partial charge in [-0.3, -0.25) is 18.9 Å². The van der Waals surface area contributed by atoms with Crippen molar-refractivity contribution in [3.05, 3.63) is 95.6 Å². The van der Waals surface area contributed by atoms with Crippen LogP contribution < -0.4 is 9.91 Å². The van der Waals surface area contributed by atoms with Crippen LogP contribution in [-0.4, -0.2) is 55.5 Å². The number of amides is 3. The Morgan fingerprint density at radius 1 is 0.838 bits per heavy atom. The Hall–Kier alpha value is -4.61. The molecule has 0 unspecified atom stereocenters. The monoisotopic (exact) mass is 516 g/mol. The maximum absolute atomic E-state index is 13.7. The van der Waals surface area contributed by atoms with Gasteiger partial charge in [-0.1, -0.05) is 42.5 Å². The molecule has 0 saturated heterocycles. The molecular formula is C26H20N4O6S. The molecule has 2 aliphatic rings. The molecule has 3 amide bonds. The molecule has 0 aliphatic carbocycles. The average Bonchev–Trinajstić information content (AvgIpc) is 3.36. The number of nitrogens with zero attached hydrogens (tertiary/aromatic N) is 4. The molecule has 11 heteroatoms. The van der Waals surface area contributed by atoms with Crippen molar-refractivity contribution < 1.29 is 27.4 Å². The minimum absolute atomic E-state index is 0.0369. The van der Waals surface area contributed by atoms with E-state index in [1.807, 2.05) is 19.0 Å². The third-order valence-electron chi connectivity index (χ3n) is 5.97. The number of rotatable bonds is 5. The van der Waals surface area contributed by atoms with Gasteiger partial charge in [0.2, 0.25) is 0 Å². The zero-order valence-electron chi connectivity index (χ0n) is 19.7. The summed E-state index contributed by atoms with van der Waals surface area (Å²) in [5, 5.41) is 5.38. The van der Waals surface area contributed by atoms with E-state index in [0.29, 0.717) is 16.2 Å². The normalized spacial score (nSPS) is 15.3. The van der Waals surface area contributed by atoms with Gasteiger partial charge in [-0.15, -0.1) is 5.10 Å². The summed E-state index contributed by atoms with van der Waals surface area (Å²) in [5.74, 6) is -2.71. The van der Waals surface area contributed by atoms with Crippen LogP contribution in [0.1, 0.15) is 15.9 Å². The van der Waals surface area contributed by atoms with E-state index < -0.39 is 38.3 Å². The zero-order chi connectivity index (χ0) is 26.5. The Kier molecular flexibility index (Phi) is 5.73. The SMILES string of the molecule is CN(C)c1ccc(C2=C3C(=O)N(c4ccccc4)N=C3N(C(=O)c3ccccc3S(=O)(=O)O)C2=O)cc1. The van der Waals surface area contributed by atoms with E-state index in [9.17, 15) is 27.4 Å². The van der Waals surface area contributed by atoms with Crippen LogP contribution in [0.2, 0.25) is 0 Å². The van der Waals surface area contributed by atoms with Gasteiger partial charge in [0.25, 0.3) is 27.8 Å². The number of amidine groups is 1. The second-order valence-corrected chi connectivity index (χ2v) is 9.87. The lowest BCUT2D eigenvalue weighted by Crippen LogP contribution is -2.38. The van der Waals surface area contributed by atoms with Crippen molar-refractivity contribution in [2.24, 2.45) is 5.10 Å². The summed E-state index contributed by atoms with van der Waals surface area (Å²) in [4.78, 5) is 42.7. The van der Waals surface area contributed by atoms with Gasteiger partial charge in [0, 0.05) is 19.8 Å². The van der Waals surface area contributed by atoms with Gasteiger partial charge in [-0.2, -0.15) is 13.4 Å². The van der Waals surface area contributed by atoms with Crippen molar-refractivity contribution >= 4 is 50.6 Å². The van der Waals surface area contributed by atoms with Gasteiger partial charge in [0.05, 0.1) is 16.8 Å². The number of carbonyl (C=O) groups is 3. The van der Waals surface area contributed by atoms with E-state index in [1.54, 1.807) is 54.6 Å². The Labute approximate surface area is 212 Å². The van der Waals surface area contributed by atoms with Crippen LogP contribution in [0.5, 0.6) is 0 Å². The summed E-state index contributed by atoms with van der Waals surface area (Å²) in [7, 11) is -1.08. The van der Waals surface area contributed by atoms with Crippen molar-refractivity contribution in [1.29, 1.82) is 0 Å². The number of anilines is 2. The Balaban J connectivity index is 1.68. The number of para-hydroxylation sites is 1. The number of hydrazone groups is 1. The quantitative estimate of drug-likeness (QED) is 0.408. The third-order valence-corrected chi connectivity index (χ3v) is 6.89. The third kappa shape index (κ3) is 3.99. The highest BCUT2D eigenvalue weighted by Gasteiger charge is 2.50. The van der Waals surface area contributed by atoms with Crippen LogP contribution in [0.15, 0.2) is 94.4 Å².